The van der Waals surface area contributed by atoms with Crippen molar-refractivity contribution in [1.29, 1.82) is 0 Å². The first-order valence-electron chi connectivity index (χ1n) is 11.3. The van der Waals surface area contributed by atoms with E-state index >= 15 is 0 Å². The maximum absolute atomic E-state index is 12.8. The van der Waals surface area contributed by atoms with Crippen LogP contribution in [0.15, 0.2) is 61.1 Å². The second-order valence-corrected chi connectivity index (χ2v) is 5.61. The van der Waals surface area contributed by atoms with E-state index < -0.39 is 48.4 Å². The van der Waals surface area contributed by atoms with Gasteiger partial charge in [-0.25, -0.2) is 15.0 Å². The molecule has 0 aliphatic heterocycles. The summed E-state index contributed by atoms with van der Waals surface area (Å²) in [4.78, 5) is 25.6. The monoisotopic (exact) mass is 366 g/mol. The Morgan fingerprint density at radius 1 is 1.26 bits per heavy atom. The first kappa shape index (κ1) is 10.4. The molecular weight excluding hydrogens is 342 g/mol. The predicted octanol–water partition coefficient (Wildman–Crippen LogP) is 3.29. The highest BCUT2D eigenvalue weighted by Crippen LogP contribution is 2.22. The Hall–Kier alpha value is -3.74. The maximum atomic E-state index is 12.8. The zero-order valence-electron chi connectivity index (χ0n) is 21.1. The van der Waals surface area contributed by atoms with E-state index in [2.05, 4.69) is 25.0 Å². The number of anilines is 1. The van der Waals surface area contributed by atoms with Crippen molar-refractivity contribution in [2.24, 2.45) is 7.05 Å². The highest BCUT2D eigenvalue weighted by Gasteiger charge is 2.10. The van der Waals surface area contributed by atoms with Crippen LogP contribution < -0.4 is 10.1 Å². The lowest BCUT2D eigenvalue weighted by molar-refractivity contribution is 0.102. The third-order valence-corrected chi connectivity index (χ3v) is 3.83. The number of hydrogen-bond donors (Lipinski definition) is 1. The van der Waals surface area contributed by atoms with Gasteiger partial charge in [0.1, 0.15) is 11.6 Å². The fourth-order valence-corrected chi connectivity index (χ4v) is 2.48. The molecule has 0 saturated heterocycles. The van der Waals surface area contributed by atoms with Gasteiger partial charge in [-0.05, 0) is 36.3 Å². The van der Waals surface area contributed by atoms with Gasteiger partial charge >= 0.3 is 0 Å². The van der Waals surface area contributed by atoms with Crippen LogP contribution in [-0.4, -0.2) is 32.5 Å². The van der Waals surface area contributed by atoms with E-state index in [0.717, 1.165) is 5.69 Å². The number of hydrogen-bond acceptors (Lipinski definition) is 5. The largest absolute Gasteiger partial charge is 0.497 e. The number of aryl methyl sites for hydroxylation is 1. The van der Waals surface area contributed by atoms with Crippen LogP contribution in [0.2, 0.25) is 0 Å². The molecule has 4 aromatic rings. The summed E-state index contributed by atoms with van der Waals surface area (Å²) in [5, 5.41) is 3.16. The van der Waals surface area contributed by atoms with Gasteiger partial charge in [0.05, 0.1) is 46.1 Å². The molecule has 3 aromatic heterocycles. The minimum atomic E-state index is -2.98. The van der Waals surface area contributed by atoms with Gasteiger partial charge < -0.3 is 14.6 Å². The summed E-state index contributed by atoms with van der Waals surface area (Å²) in [6.07, 6.45) is 4.80. The van der Waals surface area contributed by atoms with E-state index in [0.29, 0.717) is 16.6 Å². The lowest BCUT2D eigenvalue weighted by Gasteiger charge is -2.07. The number of fused-ring (bicyclic) bond motifs is 1. The number of nitrogens with one attached hydrogen (secondary N) is 1. The highest BCUT2D eigenvalue weighted by molar-refractivity contribution is 6.04. The number of amides is 1. The van der Waals surface area contributed by atoms with Gasteiger partial charge in [-0.2, -0.15) is 0 Å². The summed E-state index contributed by atoms with van der Waals surface area (Å²) in [5.41, 5.74) is 1.38. The molecule has 1 N–H and O–H groups in total. The highest BCUT2D eigenvalue weighted by atomic mass is 16.5. The van der Waals surface area contributed by atoms with Crippen molar-refractivity contribution in [2.75, 3.05) is 12.4 Å². The number of nitrogens with zero attached hydrogens (tertiary/aromatic N) is 4. The van der Waals surface area contributed by atoms with Crippen LogP contribution in [0.5, 0.6) is 5.75 Å². The summed E-state index contributed by atoms with van der Waals surface area (Å²) in [7, 11) is -1.15. The third kappa shape index (κ3) is 3.35. The molecule has 7 heteroatoms. The molecule has 0 unspecified atom stereocenters. The molecule has 0 saturated carbocycles. The van der Waals surface area contributed by atoms with E-state index in [-0.39, 0.29) is 5.82 Å². The van der Waals surface area contributed by atoms with Crippen molar-refractivity contribution >= 4 is 22.6 Å². The van der Waals surface area contributed by atoms with E-state index in [1.807, 2.05) is 19.2 Å². The fraction of sp³-hybridized carbons (Fsp3) is 0.100. The zero-order chi connectivity index (χ0) is 24.8. The lowest BCUT2D eigenvalue weighted by Crippen LogP contribution is -2.12. The summed E-state index contributed by atoms with van der Waals surface area (Å²) >= 11 is 0. The Labute approximate surface area is 165 Å². The smallest absolute Gasteiger partial charge is 0.256 e. The van der Waals surface area contributed by atoms with Crippen LogP contribution in [0, 0.1) is 0 Å². The molecule has 0 aliphatic rings. The molecule has 4 rings (SSSR count). The van der Waals surface area contributed by atoms with E-state index in [9.17, 15) is 4.79 Å². The summed E-state index contributed by atoms with van der Waals surface area (Å²) in [6.45, 7) is 0. The number of carbonyl (C=O) groups is 1. The van der Waals surface area contributed by atoms with Crippen LogP contribution in [0.1, 0.15) is 20.0 Å². The Morgan fingerprint density at radius 2 is 2.11 bits per heavy atom. The number of ether oxygens (including phenoxy) is 1. The number of imidazole rings is 1. The van der Waals surface area contributed by atoms with Crippen LogP contribution >= 0.6 is 0 Å². The zero-order valence-corrected chi connectivity index (χ0v) is 14.1. The molecule has 0 atom stereocenters. The number of aromatic nitrogens is 4. The molecule has 27 heavy (non-hydrogen) atoms. The average molecular weight is 366 g/mol. The van der Waals surface area contributed by atoms with Gasteiger partial charge in [-0.3, -0.25) is 4.79 Å². The third-order valence-electron chi connectivity index (χ3n) is 3.83. The first-order valence-corrected chi connectivity index (χ1v) is 7.80. The average Bonchev–Trinajstić information content (AvgIpc) is 3.20. The molecule has 134 valence electrons. The normalized spacial score (nSPS) is 14.9. The molecule has 0 aliphatic carbocycles. The van der Waals surface area contributed by atoms with Crippen molar-refractivity contribution in [3.05, 3.63) is 66.7 Å². The van der Waals surface area contributed by atoms with Crippen LogP contribution in [-0.2, 0) is 7.05 Å². The van der Waals surface area contributed by atoms with Crippen molar-refractivity contribution in [3.8, 4) is 17.1 Å². The first-order chi connectivity index (χ1) is 16.0. The summed E-state index contributed by atoms with van der Waals surface area (Å²) < 4.78 is 60.0. The fourth-order valence-electron chi connectivity index (χ4n) is 2.48. The maximum Gasteiger partial charge on any atom is 0.256 e. The summed E-state index contributed by atoms with van der Waals surface area (Å²) in [6, 6.07) is 2.09. The van der Waals surface area contributed by atoms with Crippen LogP contribution in [0.25, 0.3) is 22.3 Å². The second kappa shape index (κ2) is 6.87. The van der Waals surface area contributed by atoms with E-state index in [4.69, 9.17) is 9.60 Å². The lowest BCUT2D eigenvalue weighted by atomic mass is 10.2. The molecule has 1 aromatic carbocycles. The minimum Gasteiger partial charge on any atom is -0.497 e. The SMILES string of the molecule is [2H]c1c([2H])c(C(=O)Nc2cc3nc(-c4cncn4C)ccc3cn2)c([2H])c([2H])c1OC([2H])([2H])[2H]. The second-order valence-electron chi connectivity index (χ2n) is 5.61. The van der Waals surface area contributed by atoms with Gasteiger partial charge in [-0.1, -0.05) is 0 Å². The molecule has 0 bridgehead atoms. The Bertz CT molecular complexity index is 1410. The Kier molecular flexibility index (Phi) is 2.65. The van der Waals surface area contributed by atoms with E-state index in [1.54, 1.807) is 17.1 Å². The number of methoxy groups -OCH3 is 1. The minimum absolute atomic E-state index is 0.0758. The summed E-state index contributed by atoms with van der Waals surface area (Å²) in [5.74, 6) is -1.64. The number of benzene rings is 1. The van der Waals surface area contributed by atoms with Crippen LogP contribution in [0.3, 0.4) is 0 Å². The van der Waals surface area contributed by atoms with Gasteiger partial charge in [0, 0.05) is 30.3 Å². The molecule has 3 heterocycles. The Morgan fingerprint density at radius 3 is 2.85 bits per heavy atom. The molecular formula is C20H17N5O2. The topological polar surface area (TPSA) is 81.9 Å². The van der Waals surface area contributed by atoms with Crippen molar-refractivity contribution in [2.45, 2.75) is 0 Å². The standard InChI is InChI=1S/C20H17N5O2/c1-25-12-21-11-18(25)16-8-5-14-10-22-19(9-17(14)23-16)24-20(26)13-3-6-15(27-2)7-4-13/h3-12H,1-2H3,(H,22,24,26)/i2D3,3D,4D,6D,7D. The molecule has 0 spiro atoms. The van der Waals surface area contributed by atoms with Gasteiger partial charge in [-0.15, -0.1) is 0 Å². The molecule has 0 radical (unpaired) electrons. The number of rotatable bonds is 4. The van der Waals surface area contributed by atoms with Gasteiger partial charge in [0.15, 0.2) is 0 Å². The van der Waals surface area contributed by atoms with Crippen LogP contribution in [0.4, 0.5) is 5.82 Å². The predicted molar refractivity (Wildman–Crippen MR) is 103 cm³/mol. The van der Waals surface area contributed by atoms with Crippen molar-refractivity contribution < 1.29 is 19.1 Å². The van der Waals surface area contributed by atoms with Gasteiger partial charge in [0.25, 0.3) is 5.91 Å². The van der Waals surface area contributed by atoms with E-state index in [1.165, 1.54) is 12.3 Å². The van der Waals surface area contributed by atoms with Gasteiger partial charge in [0.2, 0.25) is 0 Å². The molecule has 7 nitrogen and oxygen atoms in total. The van der Waals surface area contributed by atoms with Crippen molar-refractivity contribution in [1.82, 2.24) is 19.5 Å². The quantitative estimate of drug-likeness (QED) is 0.599. The number of pyridine rings is 2. The number of carbonyl (C=O) groups excluding carboxylic acids is 1. The Balaban J connectivity index is 1.68. The molecule has 1 amide bonds. The van der Waals surface area contributed by atoms with Crippen molar-refractivity contribution in [3.63, 3.8) is 0 Å². The molecule has 0 fully saturated rings.